The van der Waals surface area contributed by atoms with Gasteiger partial charge < -0.3 is 19.9 Å². The molecule has 0 spiro atoms. The van der Waals surface area contributed by atoms with E-state index in [1.165, 1.54) is 13.2 Å². The molecule has 0 aromatic heterocycles. The molecule has 6 nitrogen and oxygen atoms in total. The second-order valence-corrected chi connectivity index (χ2v) is 3.29. The van der Waals surface area contributed by atoms with E-state index in [2.05, 4.69) is 9.47 Å². The average Bonchev–Trinajstić information content (AvgIpc) is 2.35. The number of primary amides is 1. The number of benzene rings is 1. The highest BCUT2D eigenvalue weighted by molar-refractivity contribution is 5.91. The van der Waals surface area contributed by atoms with E-state index in [4.69, 9.17) is 10.5 Å². The molecule has 1 aromatic rings. The number of rotatable bonds is 6. The minimum Gasteiger partial charge on any atom is -0.493 e. The molecule has 1 amide bonds. The lowest BCUT2D eigenvalue weighted by atomic mass is 10.2. The van der Waals surface area contributed by atoms with E-state index in [-0.39, 0.29) is 17.1 Å². The molecule has 0 aliphatic heterocycles. The van der Waals surface area contributed by atoms with Gasteiger partial charge in [-0.1, -0.05) is 0 Å². The van der Waals surface area contributed by atoms with Crippen LogP contribution in [0.2, 0.25) is 0 Å². The number of hydrogen-bond donors (Lipinski definition) is 1. The van der Waals surface area contributed by atoms with Crippen molar-refractivity contribution in [2.75, 3.05) is 13.7 Å². The first-order chi connectivity index (χ1) is 8.93. The Morgan fingerprint density at radius 2 is 2.00 bits per heavy atom. The molecule has 0 saturated heterocycles. The third-order valence-electron chi connectivity index (χ3n) is 1.96. The largest absolute Gasteiger partial charge is 0.493 e. The number of amides is 1. The van der Waals surface area contributed by atoms with E-state index >= 15 is 0 Å². The van der Waals surface area contributed by atoms with E-state index in [0.29, 0.717) is 0 Å². The number of alkyl halides is 2. The van der Waals surface area contributed by atoms with Gasteiger partial charge in [0.05, 0.1) is 12.7 Å². The van der Waals surface area contributed by atoms with Gasteiger partial charge in [-0.2, -0.15) is 8.78 Å². The summed E-state index contributed by atoms with van der Waals surface area (Å²) < 4.78 is 37.7. The van der Waals surface area contributed by atoms with E-state index in [0.717, 1.165) is 12.1 Å². The Bertz CT molecular complexity index is 478. The summed E-state index contributed by atoms with van der Waals surface area (Å²) in [5.74, 6) is -1.92. The highest BCUT2D eigenvalue weighted by Crippen LogP contribution is 2.29. The monoisotopic (exact) mass is 275 g/mol. The summed E-state index contributed by atoms with van der Waals surface area (Å²) in [6.45, 7) is -3.59. The molecule has 8 heteroatoms. The van der Waals surface area contributed by atoms with Gasteiger partial charge in [-0.25, -0.2) is 4.79 Å². The van der Waals surface area contributed by atoms with E-state index < -0.39 is 25.1 Å². The first-order valence-corrected chi connectivity index (χ1v) is 5.02. The Hall–Kier alpha value is -2.38. The summed E-state index contributed by atoms with van der Waals surface area (Å²) in [6.07, 6.45) is 0. The van der Waals surface area contributed by atoms with Gasteiger partial charge in [0.2, 0.25) is 0 Å². The number of methoxy groups -OCH3 is 1. The van der Waals surface area contributed by atoms with E-state index in [1.807, 2.05) is 0 Å². The molecule has 0 bridgehead atoms. The molecular weight excluding hydrogens is 264 g/mol. The number of esters is 1. The normalized spacial score (nSPS) is 10.1. The van der Waals surface area contributed by atoms with Crippen LogP contribution in [0.5, 0.6) is 11.5 Å². The Labute approximate surface area is 107 Å². The molecule has 1 aromatic carbocycles. The summed E-state index contributed by atoms with van der Waals surface area (Å²) in [5.41, 5.74) is 4.82. The third kappa shape index (κ3) is 4.41. The smallest absolute Gasteiger partial charge is 0.387 e. The molecular formula is C11H11F2NO5. The van der Waals surface area contributed by atoms with Crippen molar-refractivity contribution < 1.29 is 32.6 Å². The summed E-state index contributed by atoms with van der Waals surface area (Å²) in [7, 11) is 1.23. The van der Waals surface area contributed by atoms with Crippen LogP contribution in [0.15, 0.2) is 18.2 Å². The molecule has 1 rings (SSSR count). The van der Waals surface area contributed by atoms with Crippen LogP contribution in [0.3, 0.4) is 0 Å². The van der Waals surface area contributed by atoms with Crippen LogP contribution in [0, 0.1) is 0 Å². The van der Waals surface area contributed by atoms with Crippen molar-refractivity contribution in [1.29, 1.82) is 0 Å². The Balaban J connectivity index is 2.86. The molecule has 0 atom stereocenters. The van der Waals surface area contributed by atoms with Gasteiger partial charge in [-0.05, 0) is 18.2 Å². The van der Waals surface area contributed by atoms with Gasteiger partial charge in [0.1, 0.15) is 0 Å². The molecule has 104 valence electrons. The zero-order valence-electron chi connectivity index (χ0n) is 9.89. The lowest BCUT2D eigenvalue weighted by molar-refractivity contribution is -0.121. The maximum absolute atomic E-state index is 12.1. The Morgan fingerprint density at radius 3 is 2.53 bits per heavy atom. The molecule has 0 saturated carbocycles. The molecule has 0 fully saturated rings. The molecule has 0 unspecified atom stereocenters. The van der Waals surface area contributed by atoms with Crippen molar-refractivity contribution in [2.24, 2.45) is 5.73 Å². The van der Waals surface area contributed by atoms with Crippen molar-refractivity contribution in [3.05, 3.63) is 23.8 Å². The molecule has 0 aliphatic carbocycles. The van der Waals surface area contributed by atoms with Crippen LogP contribution >= 0.6 is 0 Å². The van der Waals surface area contributed by atoms with Gasteiger partial charge in [0.25, 0.3) is 5.91 Å². The Morgan fingerprint density at radius 1 is 1.32 bits per heavy atom. The number of carbonyl (C=O) groups is 2. The van der Waals surface area contributed by atoms with Crippen LogP contribution in [-0.4, -0.2) is 32.2 Å². The van der Waals surface area contributed by atoms with Crippen LogP contribution in [-0.2, 0) is 9.53 Å². The minimum atomic E-state index is -3.01. The van der Waals surface area contributed by atoms with Crippen molar-refractivity contribution in [2.45, 2.75) is 6.61 Å². The van der Waals surface area contributed by atoms with Crippen molar-refractivity contribution >= 4 is 11.9 Å². The number of ether oxygens (including phenoxy) is 3. The van der Waals surface area contributed by atoms with Crippen molar-refractivity contribution in [1.82, 2.24) is 0 Å². The molecule has 0 heterocycles. The quantitative estimate of drug-likeness (QED) is 0.780. The van der Waals surface area contributed by atoms with Crippen molar-refractivity contribution in [3.63, 3.8) is 0 Å². The van der Waals surface area contributed by atoms with Gasteiger partial charge in [0, 0.05) is 0 Å². The highest BCUT2D eigenvalue weighted by atomic mass is 19.3. The summed E-state index contributed by atoms with van der Waals surface area (Å²) >= 11 is 0. The van der Waals surface area contributed by atoms with Crippen LogP contribution in [0.1, 0.15) is 10.4 Å². The molecule has 2 N–H and O–H groups in total. The summed E-state index contributed by atoms with van der Waals surface area (Å²) in [5, 5.41) is 0. The minimum absolute atomic E-state index is 0.0136. The molecule has 19 heavy (non-hydrogen) atoms. The second-order valence-electron chi connectivity index (χ2n) is 3.29. The van der Waals surface area contributed by atoms with Gasteiger partial charge in [0.15, 0.2) is 18.1 Å². The highest BCUT2D eigenvalue weighted by Gasteiger charge is 2.15. The lowest BCUT2D eigenvalue weighted by Gasteiger charge is -2.10. The topological polar surface area (TPSA) is 87.9 Å². The van der Waals surface area contributed by atoms with Crippen LogP contribution < -0.4 is 15.2 Å². The van der Waals surface area contributed by atoms with Gasteiger partial charge in [-0.15, -0.1) is 0 Å². The van der Waals surface area contributed by atoms with Crippen molar-refractivity contribution in [3.8, 4) is 11.5 Å². The van der Waals surface area contributed by atoms with Gasteiger partial charge in [-0.3, -0.25) is 4.79 Å². The summed E-state index contributed by atoms with van der Waals surface area (Å²) in [6, 6.07) is 3.48. The van der Waals surface area contributed by atoms with Crippen LogP contribution in [0.4, 0.5) is 8.78 Å². The second kappa shape index (κ2) is 6.53. The standard InChI is InChI=1S/C11H11F2NO5/c1-17-8-4-6(10(16)18-5-9(14)15)2-3-7(8)19-11(12)13/h2-4,11H,5H2,1H3,(H2,14,15). The number of hydrogen-bond acceptors (Lipinski definition) is 5. The zero-order valence-corrected chi connectivity index (χ0v) is 9.89. The van der Waals surface area contributed by atoms with E-state index in [9.17, 15) is 18.4 Å². The van der Waals surface area contributed by atoms with E-state index in [1.54, 1.807) is 0 Å². The fraction of sp³-hybridized carbons (Fsp3) is 0.273. The molecule has 0 radical (unpaired) electrons. The Kier molecular flexibility index (Phi) is 5.04. The van der Waals surface area contributed by atoms with Gasteiger partial charge >= 0.3 is 12.6 Å². The maximum atomic E-state index is 12.1. The first-order valence-electron chi connectivity index (χ1n) is 5.02. The predicted molar refractivity (Wildman–Crippen MR) is 59.1 cm³/mol. The first kappa shape index (κ1) is 14.7. The molecule has 0 aliphatic rings. The van der Waals surface area contributed by atoms with Crippen LogP contribution in [0.25, 0.3) is 0 Å². The average molecular weight is 275 g/mol. The number of carbonyl (C=O) groups excluding carboxylic acids is 2. The third-order valence-corrected chi connectivity index (χ3v) is 1.96. The number of nitrogens with two attached hydrogens (primary N) is 1. The summed E-state index contributed by atoms with van der Waals surface area (Å²) in [4.78, 5) is 21.9. The lowest BCUT2D eigenvalue weighted by Crippen LogP contribution is -2.20. The predicted octanol–water partition coefficient (Wildman–Crippen LogP) is 0.939. The zero-order chi connectivity index (χ0) is 14.4. The maximum Gasteiger partial charge on any atom is 0.387 e. The number of halogens is 2. The SMILES string of the molecule is COc1cc(C(=O)OCC(N)=O)ccc1OC(F)F. The fourth-order valence-electron chi connectivity index (χ4n) is 1.21. The fourth-order valence-corrected chi connectivity index (χ4v) is 1.21.